The number of nitrogens with one attached hydrogen (secondary N) is 1. The molecule has 0 bridgehead atoms. The van der Waals surface area contributed by atoms with Gasteiger partial charge in [0.25, 0.3) is 0 Å². The molecule has 3 aliphatic heterocycles. The fourth-order valence-electron chi connectivity index (χ4n) is 3.30. The number of piperidine rings is 1. The largest absolute Gasteiger partial charge is 0.337 e. The number of nitrogens with zero attached hydrogens (tertiary/aromatic N) is 1. The van der Waals surface area contributed by atoms with Crippen LogP contribution in [-0.4, -0.2) is 47.5 Å². The van der Waals surface area contributed by atoms with Gasteiger partial charge in [-0.2, -0.15) is 0 Å². The fourth-order valence-corrected chi connectivity index (χ4v) is 4.53. The van der Waals surface area contributed by atoms with Crippen LogP contribution >= 0.6 is 11.8 Å². The summed E-state index contributed by atoms with van der Waals surface area (Å²) in [5, 5.41) is 3.72. The summed E-state index contributed by atoms with van der Waals surface area (Å²) in [4.78, 5) is 14.6. The Hall–Kier alpha value is -0.220. The zero-order chi connectivity index (χ0) is 11.0. The van der Waals surface area contributed by atoms with Crippen LogP contribution in [0.4, 0.5) is 0 Å². The lowest BCUT2D eigenvalue weighted by Gasteiger charge is -2.38. The van der Waals surface area contributed by atoms with E-state index in [1.54, 1.807) is 0 Å². The summed E-state index contributed by atoms with van der Waals surface area (Å²) in [6, 6.07) is 0.502. The van der Waals surface area contributed by atoms with Crippen molar-refractivity contribution in [2.45, 2.75) is 37.0 Å². The maximum atomic E-state index is 12.4. The summed E-state index contributed by atoms with van der Waals surface area (Å²) in [6.45, 7) is 3.14. The molecule has 0 aromatic rings. The first-order chi connectivity index (χ1) is 7.86. The van der Waals surface area contributed by atoms with Crippen molar-refractivity contribution in [3.63, 3.8) is 0 Å². The summed E-state index contributed by atoms with van der Waals surface area (Å²) in [5.41, 5.74) is 0. The Kier molecular flexibility index (Phi) is 3.11. The molecule has 3 heterocycles. The standard InChI is InChI=1S/C12H20N2OS/c15-12(11-4-2-6-16-11)14-5-1-3-9-7-13-8-10(9)14/h9-11,13H,1-8H2/t9-,10+,11?/m0/s1. The average Bonchev–Trinajstić information content (AvgIpc) is 2.98. The predicted octanol–water partition coefficient (Wildman–Crippen LogP) is 1.09. The first-order valence-electron chi connectivity index (χ1n) is 6.49. The highest BCUT2D eigenvalue weighted by Gasteiger charge is 2.39. The molecule has 3 aliphatic rings. The topological polar surface area (TPSA) is 32.3 Å². The van der Waals surface area contributed by atoms with E-state index >= 15 is 0 Å². The minimum absolute atomic E-state index is 0.277. The normalized spacial score (nSPS) is 38.8. The summed E-state index contributed by atoms with van der Waals surface area (Å²) in [7, 11) is 0. The molecule has 1 amide bonds. The fraction of sp³-hybridized carbons (Fsp3) is 0.917. The van der Waals surface area contributed by atoms with E-state index in [0.29, 0.717) is 11.9 Å². The molecule has 0 spiro atoms. The monoisotopic (exact) mass is 240 g/mol. The van der Waals surface area contributed by atoms with Crippen molar-refractivity contribution >= 4 is 17.7 Å². The van der Waals surface area contributed by atoms with Crippen molar-refractivity contribution in [3.8, 4) is 0 Å². The van der Waals surface area contributed by atoms with E-state index in [4.69, 9.17) is 0 Å². The molecular weight excluding hydrogens is 220 g/mol. The SMILES string of the molecule is O=C(C1CCCS1)N1CCC[C@H]2CNC[C@H]21. The Morgan fingerprint density at radius 2 is 2.19 bits per heavy atom. The maximum Gasteiger partial charge on any atom is 0.235 e. The van der Waals surface area contributed by atoms with Gasteiger partial charge in [0.2, 0.25) is 5.91 Å². The highest BCUT2D eigenvalue weighted by atomic mass is 32.2. The lowest BCUT2D eigenvalue weighted by atomic mass is 9.91. The molecule has 0 saturated carbocycles. The van der Waals surface area contributed by atoms with Crippen LogP contribution in [0.3, 0.4) is 0 Å². The minimum Gasteiger partial charge on any atom is -0.337 e. The number of fused-ring (bicyclic) bond motifs is 1. The van der Waals surface area contributed by atoms with Crippen molar-refractivity contribution in [1.82, 2.24) is 10.2 Å². The number of rotatable bonds is 1. The number of amides is 1. The molecule has 90 valence electrons. The Labute approximate surface area is 101 Å². The Balaban J connectivity index is 1.70. The van der Waals surface area contributed by atoms with E-state index in [2.05, 4.69) is 10.2 Å². The molecule has 3 atom stereocenters. The molecule has 0 aromatic carbocycles. The van der Waals surface area contributed by atoms with Crippen molar-refractivity contribution < 1.29 is 4.79 Å². The van der Waals surface area contributed by atoms with E-state index in [0.717, 1.165) is 32.0 Å². The van der Waals surface area contributed by atoms with Crippen LogP contribution in [0.2, 0.25) is 0 Å². The lowest BCUT2D eigenvalue weighted by molar-refractivity contribution is -0.134. The molecule has 0 aliphatic carbocycles. The van der Waals surface area contributed by atoms with Gasteiger partial charge in [-0.15, -0.1) is 11.8 Å². The number of hydrogen-bond acceptors (Lipinski definition) is 3. The second-order valence-corrected chi connectivity index (χ2v) is 6.47. The molecule has 3 nitrogen and oxygen atoms in total. The molecule has 16 heavy (non-hydrogen) atoms. The quantitative estimate of drug-likeness (QED) is 0.745. The summed E-state index contributed by atoms with van der Waals surface area (Å²) in [5.74, 6) is 2.33. The van der Waals surface area contributed by atoms with Crippen LogP contribution in [-0.2, 0) is 4.79 Å². The minimum atomic E-state index is 0.277. The molecule has 0 radical (unpaired) electrons. The molecule has 3 rings (SSSR count). The van der Waals surface area contributed by atoms with E-state index < -0.39 is 0 Å². The van der Waals surface area contributed by atoms with Crippen molar-refractivity contribution in [3.05, 3.63) is 0 Å². The maximum absolute atomic E-state index is 12.4. The number of carbonyl (C=O) groups excluding carboxylic acids is 1. The van der Waals surface area contributed by atoms with Crippen molar-refractivity contribution in [2.75, 3.05) is 25.4 Å². The Bertz CT molecular complexity index is 278. The van der Waals surface area contributed by atoms with Crippen LogP contribution in [0.15, 0.2) is 0 Å². The van der Waals surface area contributed by atoms with E-state index in [1.165, 1.54) is 25.0 Å². The van der Waals surface area contributed by atoms with Gasteiger partial charge >= 0.3 is 0 Å². The van der Waals surface area contributed by atoms with Crippen molar-refractivity contribution in [1.29, 1.82) is 0 Å². The summed E-state index contributed by atoms with van der Waals surface area (Å²) >= 11 is 1.87. The van der Waals surface area contributed by atoms with Gasteiger partial charge in [-0.25, -0.2) is 0 Å². The van der Waals surface area contributed by atoms with Crippen LogP contribution < -0.4 is 5.32 Å². The predicted molar refractivity (Wildman–Crippen MR) is 66.6 cm³/mol. The summed E-state index contributed by atoms with van der Waals surface area (Å²) in [6.07, 6.45) is 4.83. The van der Waals surface area contributed by atoms with Gasteiger partial charge in [0, 0.05) is 25.7 Å². The van der Waals surface area contributed by atoms with Gasteiger partial charge in [0.1, 0.15) is 0 Å². The van der Waals surface area contributed by atoms with Crippen LogP contribution in [0.1, 0.15) is 25.7 Å². The zero-order valence-corrected chi connectivity index (χ0v) is 10.5. The highest BCUT2D eigenvalue weighted by Crippen LogP contribution is 2.32. The van der Waals surface area contributed by atoms with Crippen molar-refractivity contribution in [2.24, 2.45) is 5.92 Å². The average molecular weight is 240 g/mol. The first-order valence-corrected chi connectivity index (χ1v) is 7.54. The van der Waals surface area contributed by atoms with E-state index in [1.807, 2.05) is 11.8 Å². The molecular formula is C12H20N2OS. The number of carbonyl (C=O) groups is 1. The lowest BCUT2D eigenvalue weighted by Crippen LogP contribution is -2.50. The van der Waals surface area contributed by atoms with Gasteiger partial charge in [-0.05, 0) is 37.4 Å². The summed E-state index contributed by atoms with van der Waals surface area (Å²) < 4.78 is 0. The van der Waals surface area contributed by atoms with Gasteiger partial charge in [0.15, 0.2) is 0 Å². The number of likely N-dealkylation sites (tertiary alicyclic amines) is 1. The Morgan fingerprint density at radius 1 is 1.25 bits per heavy atom. The van der Waals surface area contributed by atoms with Crippen LogP contribution in [0.25, 0.3) is 0 Å². The molecule has 1 N–H and O–H groups in total. The third kappa shape index (κ3) is 1.86. The first kappa shape index (κ1) is 10.9. The smallest absolute Gasteiger partial charge is 0.235 e. The molecule has 0 aromatic heterocycles. The van der Waals surface area contributed by atoms with E-state index in [9.17, 15) is 4.79 Å². The van der Waals surface area contributed by atoms with Crippen LogP contribution in [0.5, 0.6) is 0 Å². The van der Waals surface area contributed by atoms with Gasteiger partial charge in [0.05, 0.1) is 5.25 Å². The number of thioether (sulfide) groups is 1. The van der Waals surface area contributed by atoms with Gasteiger partial charge < -0.3 is 10.2 Å². The van der Waals surface area contributed by atoms with Crippen LogP contribution in [0, 0.1) is 5.92 Å². The third-order valence-corrected chi connectivity index (χ3v) is 5.53. The molecule has 4 heteroatoms. The Morgan fingerprint density at radius 3 is 3.00 bits per heavy atom. The second kappa shape index (κ2) is 4.57. The third-order valence-electron chi connectivity index (χ3n) is 4.17. The molecule has 1 unspecified atom stereocenters. The van der Waals surface area contributed by atoms with Gasteiger partial charge in [-0.1, -0.05) is 0 Å². The highest BCUT2D eigenvalue weighted by molar-refractivity contribution is 8.00. The molecule has 3 fully saturated rings. The molecule has 3 saturated heterocycles. The van der Waals surface area contributed by atoms with E-state index in [-0.39, 0.29) is 5.25 Å². The second-order valence-electron chi connectivity index (χ2n) is 5.16. The van der Waals surface area contributed by atoms with Gasteiger partial charge in [-0.3, -0.25) is 4.79 Å². The zero-order valence-electron chi connectivity index (χ0n) is 9.65. The number of hydrogen-bond donors (Lipinski definition) is 1.